The van der Waals surface area contributed by atoms with E-state index in [1.165, 1.54) is 0 Å². The second kappa shape index (κ2) is 5.19. The number of rotatable bonds is 1. The van der Waals surface area contributed by atoms with Crippen LogP contribution in [0.5, 0.6) is 0 Å². The quantitative estimate of drug-likeness (QED) is 0.680. The summed E-state index contributed by atoms with van der Waals surface area (Å²) in [5.41, 5.74) is 4.55. The van der Waals surface area contributed by atoms with E-state index < -0.39 is 0 Å². The number of Topliss-reactive ketones (excluding diaryl/α,β-unsaturated/α-hetero) is 2. The number of ketones is 2. The highest BCUT2D eigenvalue weighted by molar-refractivity contribution is 6.17. The van der Waals surface area contributed by atoms with Crippen LogP contribution in [0.3, 0.4) is 0 Å². The number of carbonyl (C=O) groups is 2. The molecule has 4 atom stereocenters. The summed E-state index contributed by atoms with van der Waals surface area (Å²) in [7, 11) is 0. The lowest BCUT2D eigenvalue weighted by molar-refractivity contribution is -0.118. The molecule has 0 aromatic rings. The van der Waals surface area contributed by atoms with E-state index in [-0.39, 0.29) is 29.3 Å². The minimum atomic E-state index is -0.0708. The van der Waals surface area contributed by atoms with Crippen LogP contribution in [0.15, 0.2) is 47.1 Å². The van der Waals surface area contributed by atoms with Gasteiger partial charge >= 0.3 is 0 Å². The molecule has 3 rings (SSSR count). The summed E-state index contributed by atoms with van der Waals surface area (Å²) < 4.78 is 0. The van der Waals surface area contributed by atoms with Gasteiger partial charge < -0.3 is 0 Å². The van der Waals surface area contributed by atoms with E-state index >= 15 is 0 Å². The largest absolute Gasteiger partial charge is 0.294 e. The zero-order valence-electron chi connectivity index (χ0n) is 13.7. The molecule has 0 radical (unpaired) electrons. The zero-order chi connectivity index (χ0) is 16.2. The molecule has 0 heterocycles. The van der Waals surface area contributed by atoms with Gasteiger partial charge in [0.15, 0.2) is 11.6 Å². The van der Waals surface area contributed by atoms with Gasteiger partial charge in [-0.3, -0.25) is 9.59 Å². The molecule has 116 valence electrons. The first-order valence-corrected chi connectivity index (χ1v) is 8.16. The third-order valence-electron chi connectivity index (χ3n) is 5.63. The molecule has 2 nitrogen and oxygen atoms in total. The van der Waals surface area contributed by atoms with Crippen LogP contribution in [0.2, 0.25) is 0 Å². The maximum atomic E-state index is 12.7. The fourth-order valence-electron chi connectivity index (χ4n) is 4.46. The Morgan fingerprint density at radius 3 is 2.64 bits per heavy atom. The zero-order valence-corrected chi connectivity index (χ0v) is 13.7. The predicted octanol–water partition coefficient (Wildman–Crippen LogP) is 4.20. The van der Waals surface area contributed by atoms with Crippen molar-refractivity contribution in [3.63, 3.8) is 0 Å². The molecule has 3 aliphatic carbocycles. The van der Waals surface area contributed by atoms with Gasteiger partial charge in [-0.15, -0.1) is 0 Å². The molecular formula is C20H24O2. The van der Waals surface area contributed by atoms with Crippen molar-refractivity contribution >= 4 is 11.6 Å². The molecule has 0 N–H and O–H groups in total. The molecule has 0 aromatic heterocycles. The van der Waals surface area contributed by atoms with E-state index in [9.17, 15) is 9.59 Å². The highest BCUT2D eigenvalue weighted by Gasteiger charge is 2.46. The van der Waals surface area contributed by atoms with Crippen LogP contribution in [0, 0.1) is 23.7 Å². The van der Waals surface area contributed by atoms with Gasteiger partial charge in [0.2, 0.25) is 0 Å². The first-order chi connectivity index (χ1) is 10.3. The van der Waals surface area contributed by atoms with Gasteiger partial charge in [0, 0.05) is 23.0 Å². The van der Waals surface area contributed by atoms with Gasteiger partial charge in [-0.25, -0.2) is 0 Å². The molecule has 1 fully saturated rings. The van der Waals surface area contributed by atoms with Crippen LogP contribution in [0.1, 0.15) is 40.0 Å². The Balaban J connectivity index is 2.19. The van der Waals surface area contributed by atoms with E-state index in [4.69, 9.17) is 0 Å². The van der Waals surface area contributed by atoms with Crippen molar-refractivity contribution in [3.05, 3.63) is 47.1 Å². The molecule has 2 heteroatoms. The van der Waals surface area contributed by atoms with Crippen LogP contribution in [-0.4, -0.2) is 11.6 Å². The lowest BCUT2D eigenvalue weighted by Gasteiger charge is -2.39. The summed E-state index contributed by atoms with van der Waals surface area (Å²) in [6.07, 6.45) is 4.61. The fourth-order valence-corrected chi connectivity index (χ4v) is 4.46. The number of carbonyl (C=O) groups excluding carboxylic acids is 2. The molecule has 22 heavy (non-hydrogen) atoms. The van der Waals surface area contributed by atoms with Gasteiger partial charge in [0.1, 0.15) is 0 Å². The molecule has 1 saturated carbocycles. The first kappa shape index (κ1) is 15.2. The van der Waals surface area contributed by atoms with Crippen molar-refractivity contribution < 1.29 is 9.59 Å². The van der Waals surface area contributed by atoms with Crippen molar-refractivity contribution in [2.45, 2.75) is 40.0 Å². The average molecular weight is 296 g/mol. The van der Waals surface area contributed by atoms with Crippen molar-refractivity contribution in [1.29, 1.82) is 0 Å². The number of hydrogen-bond donors (Lipinski definition) is 0. The summed E-state index contributed by atoms with van der Waals surface area (Å²) in [5.74, 6) is 0.640. The summed E-state index contributed by atoms with van der Waals surface area (Å²) >= 11 is 0. The van der Waals surface area contributed by atoms with Gasteiger partial charge in [-0.05, 0) is 50.5 Å². The average Bonchev–Trinajstić information content (AvgIpc) is 2.68. The molecule has 0 aliphatic heterocycles. The molecular weight excluding hydrogens is 272 g/mol. The monoisotopic (exact) mass is 296 g/mol. The maximum Gasteiger partial charge on any atom is 0.184 e. The minimum absolute atomic E-state index is 0.00398. The molecule has 0 unspecified atom stereocenters. The lowest BCUT2D eigenvalue weighted by Crippen LogP contribution is -2.32. The molecule has 0 amide bonds. The highest BCUT2D eigenvalue weighted by atomic mass is 16.1. The summed E-state index contributed by atoms with van der Waals surface area (Å²) in [6, 6.07) is 0. The summed E-state index contributed by atoms with van der Waals surface area (Å²) in [5, 5.41) is 0. The second-order valence-corrected chi connectivity index (χ2v) is 7.25. The second-order valence-electron chi connectivity index (χ2n) is 7.25. The van der Waals surface area contributed by atoms with E-state index in [0.717, 1.165) is 40.7 Å². The van der Waals surface area contributed by atoms with E-state index in [0.29, 0.717) is 12.3 Å². The van der Waals surface area contributed by atoms with Gasteiger partial charge in [-0.1, -0.05) is 37.3 Å². The Hall–Kier alpha value is -1.70. The SMILES string of the molecule is C=C1CC[C@H](C(=C)C)[C@H]2C=C(C)C(=O)C3=C(C(=O)[C@@H](C)C3)[C@H]12. The van der Waals surface area contributed by atoms with Gasteiger partial charge in [0.05, 0.1) is 0 Å². The maximum absolute atomic E-state index is 12.7. The van der Waals surface area contributed by atoms with Crippen LogP contribution in [0.4, 0.5) is 0 Å². The lowest BCUT2D eigenvalue weighted by atomic mass is 9.64. The Morgan fingerprint density at radius 2 is 2.00 bits per heavy atom. The summed E-state index contributed by atoms with van der Waals surface area (Å²) in [6.45, 7) is 14.3. The topological polar surface area (TPSA) is 34.1 Å². The number of fused-ring (bicyclic) bond motifs is 2. The van der Waals surface area contributed by atoms with Crippen molar-refractivity contribution in [2.24, 2.45) is 23.7 Å². The molecule has 3 aliphatic rings. The van der Waals surface area contributed by atoms with Crippen LogP contribution >= 0.6 is 0 Å². The van der Waals surface area contributed by atoms with E-state index in [2.05, 4.69) is 26.2 Å². The standard InChI is InChI=1S/C20H24O2/c1-10(2)14-7-6-11(3)17-15(14)8-12(4)19(21)16-9-13(5)20(22)18(16)17/h8,13-15,17H,1,3,6-7,9H2,2,4-5H3/t13-,14+,15+,17+/m0/s1. The smallest absolute Gasteiger partial charge is 0.184 e. The molecule has 0 spiro atoms. The van der Waals surface area contributed by atoms with Crippen LogP contribution in [-0.2, 0) is 9.59 Å². The van der Waals surface area contributed by atoms with Crippen molar-refractivity contribution in [2.75, 3.05) is 0 Å². The number of hydrogen-bond acceptors (Lipinski definition) is 2. The third kappa shape index (κ3) is 2.08. The Labute approximate surface area is 132 Å². The molecule has 0 saturated heterocycles. The van der Waals surface area contributed by atoms with E-state index in [1.807, 2.05) is 13.8 Å². The van der Waals surface area contributed by atoms with Crippen molar-refractivity contribution in [3.8, 4) is 0 Å². The van der Waals surface area contributed by atoms with Crippen LogP contribution < -0.4 is 0 Å². The summed E-state index contributed by atoms with van der Waals surface area (Å²) in [4.78, 5) is 25.4. The molecule has 0 bridgehead atoms. The fraction of sp³-hybridized carbons (Fsp3) is 0.500. The number of allylic oxidation sites excluding steroid dienone is 6. The van der Waals surface area contributed by atoms with Gasteiger partial charge in [0.25, 0.3) is 0 Å². The Morgan fingerprint density at radius 1 is 1.32 bits per heavy atom. The minimum Gasteiger partial charge on any atom is -0.294 e. The normalized spacial score (nSPS) is 35.0. The third-order valence-corrected chi connectivity index (χ3v) is 5.63. The first-order valence-electron chi connectivity index (χ1n) is 8.16. The van der Waals surface area contributed by atoms with Crippen molar-refractivity contribution in [1.82, 2.24) is 0 Å². The predicted molar refractivity (Wildman–Crippen MR) is 88.2 cm³/mol. The Bertz CT molecular complexity index is 659. The highest BCUT2D eigenvalue weighted by Crippen LogP contribution is 2.50. The van der Waals surface area contributed by atoms with Gasteiger partial charge in [-0.2, -0.15) is 0 Å². The van der Waals surface area contributed by atoms with E-state index in [1.54, 1.807) is 0 Å². The molecule has 0 aromatic carbocycles. The Kier molecular flexibility index (Phi) is 3.58. The van der Waals surface area contributed by atoms with Crippen LogP contribution in [0.25, 0.3) is 0 Å².